The highest BCUT2D eigenvalue weighted by molar-refractivity contribution is 8.00. The average Bonchev–Trinajstić information content (AvgIpc) is 3.03. The van der Waals surface area contributed by atoms with Gasteiger partial charge >= 0.3 is 0 Å². The molecule has 3 rings (SSSR count). The number of carbonyl (C=O) groups is 1. The summed E-state index contributed by atoms with van der Waals surface area (Å²) >= 11 is 1.28. The number of aryl methyl sites for hydroxylation is 1. The number of aromatic nitrogens is 2. The number of hydrogen-bond donors (Lipinski definition) is 2. The van der Waals surface area contributed by atoms with Crippen LogP contribution in [0.15, 0.2) is 52.5 Å². The summed E-state index contributed by atoms with van der Waals surface area (Å²) in [6.45, 7) is 4.32. The predicted octanol–water partition coefficient (Wildman–Crippen LogP) is 2.69. The number of primary sulfonamides is 1. The summed E-state index contributed by atoms with van der Waals surface area (Å²) in [5.41, 5.74) is 2.38. The SMILES string of the molecule is CCn1c(SC(C)C(=O)Nc2ccc(C#N)cc2)nc2cc(S(N)(=O)=O)ccc21. The maximum absolute atomic E-state index is 12.5. The van der Waals surface area contributed by atoms with Crippen molar-refractivity contribution in [2.24, 2.45) is 5.14 Å². The van der Waals surface area contributed by atoms with Crippen LogP contribution >= 0.6 is 11.8 Å². The Morgan fingerprint density at radius 3 is 2.59 bits per heavy atom. The van der Waals surface area contributed by atoms with E-state index in [0.29, 0.717) is 28.5 Å². The van der Waals surface area contributed by atoms with Gasteiger partial charge in [0.1, 0.15) is 0 Å². The van der Waals surface area contributed by atoms with E-state index in [1.54, 1.807) is 37.3 Å². The molecule has 2 aromatic carbocycles. The van der Waals surface area contributed by atoms with Gasteiger partial charge in [0.05, 0.1) is 32.8 Å². The Morgan fingerprint density at radius 1 is 1.31 bits per heavy atom. The number of sulfonamides is 1. The van der Waals surface area contributed by atoms with Crippen LogP contribution in [0.1, 0.15) is 19.4 Å². The van der Waals surface area contributed by atoms with Crippen LogP contribution in [0.2, 0.25) is 0 Å². The van der Waals surface area contributed by atoms with Crippen molar-refractivity contribution in [3.05, 3.63) is 48.0 Å². The third kappa shape index (κ3) is 4.59. The first kappa shape index (κ1) is 20.9. The molecule has 1 atom stereocenters. The third-order valence-electron chi connectivity index (χ3n) is 4.26. The van der Waals surface area contributed by atoms with E-state index in [1.807, 2.05) is 17.6 Å². The van der Waals surface area contributed by atoms with Gasteiger partial charge in [-0.25, -0.2) is 18.5 Å². The molecule has 0 aliphatic rings. The van der Waals surface area contributed by atoms with Gasteiger partial charge in [0.25, 0.3) is 0 Å². The molecule has 150 valence electrons. The van der Waals surface area contributed by atoms with Crippen molar-refractivity contribution < 1.29 is 13.2 Å². The van der Waals surface area contributed by atoms with E-state index in [0.717, 1.165) is 5.52 Å². The average molecular weight is 430 g/mol. The Balaban J connectivity index is 1.82. The highest BCUT2D eigenvalue weighted by Gasteiger charge is 2.20. The van der Waals surface area contributed by atoms with E-state index in [4.69, 9.17) is 10.4 Å². The molecule has 0 bridgehead atoms. The Labute approximate surface area is 172 Å². The molecule has 1 heterocycles. The standard InChI is InChI=1S/C19H19N5O3S2/c1-3-24-17-9-8-15(29(21,26)27)10-16(17)23-19(24)28-12(2)18(25)22-14-6-4-13(11-20)5-7-14/h4-10,12H,3H2,1-2H3,(H,22,25)(H2,21,26,27). The van der Waals surface area contributed by atoms with Crippen molar-refractivity contribution in [2.45, 2.75) is 35.7 Å². The van der Waals surface area contributed by atoms with Crippen LogP contribution in [-0.2, 0) is 21.4 Å². The minimum Gasteiger partial charge on any atom is -0.325 e. The van der Waals surface area contributed by atoms with Crippen molar-refractivity contribution in [2.75, 3.05) is 5.32 Å². The summed E-state index contributed by atoms with van der Waals surface area (Å²) in [5.74, 6) is -0.209. The molecule has 0 saturated carbocycles. The lowest BCUT2D eigenvalue weighted by molar-refractivity contribution is -0.115. The number of nitrogens with one attached hydrogen (secondary N) is 1. The number of anilines is 1. The molecule has 0 saturated heterocycles. The number of fused-ring (bicyclic) bond motifs is 1. The molecule has 3 N–H and O–H groups in total. The van der Waals surface area contributed by atoms with Crippen LogP contribution in [0.4, 0.5) is 5.69 Å². The van der Waals surface area contributed by atoms with Crippen molar-refractivity contribution in [1.29, 1.82) is 5.26 Å². The zero-order chi connectivity index (χ0) is 21.2. The van der Waals surface area contributed by atoms with Crippen LogP contribution < -0.4 is 10.5 Å². The molecule has 10 heteroatoms. The first-order valence-electron chi connectivity index (χ1n) is 8.73. The van der Waals surface area contributed by atoms with Crippen LogP contribution in [0, 0.1) is 11.3 Å². The van der Waals surface area contributed by atoms with Crippen molar-refractivity contribution in [3.63, 3.8) is 0 Å². The lowest BCUT2D eigenvalue weighted by Gasteiger charge is -2.12. The largest absolute Gasteiger partial charge is 0.325 e. The van der Waals surface area contributed by atoms with Gasteiger partial charge in [-0.1, -0.05) is 11.8 Å². The molecule has 29 heavy (non-hydrogen) atoms. The molecule has 0 spiro atoms. The van der Waals surface area contributed by atoms with Crippen molar-refractivity contribution >= 4 is 44.4 Å². The second-order valence-corrected chi connectivity index (χ2v) is 9.14. The van der Waals surface area contributed by atoms with Crippen LogP contribution in [-0.4, -0.2) is 29.1 Å². The molecular formula is C19H19N5O3S2. The van der Waals surface area contributed by atoms with E-state index in [9.17, 15) is 13.2 Å². The monoisotopic (exact) mass is 429 g/mol. The zero-order valence-corrected chi connectivity index (χ0v) is 17.4. The third-order valence-corrected chi connectivity index (χ3v) is 6.26. The molecular weight excluding hydrogens is 410 g/mol. The van der Waals surface area contributed by atoms with Gasteiger partial charge in [-0.15, -0.1) is 0 Å². The van der Waals surface area contributed by atoms with Gasteiger partial charge in [0.15, 0.2) is 5.16 Å². The predicted molar refractivity (Wildman–Crippen MR) is 112 cm³/mol. The van der Waals surface area contributed by atoms with Gasteiger partial charge in [-0.2, -0.15) is 5.26 Å². The van der Waals surface area contributed by atoms with E-state index in [2.05, 4.69) is 10.3 Å². The van der Waals surface area contributed by atoms with Gasteiger partial charge < -0.3 is 9.88 Å². The molecule has 3 aromatic rings. The number of nitriles is 1. The highest BCUT2D eigenvalue weighted by atomic mass is 32.2. The highest BCUT2D eigenvalue weighted by Crippen LogP contribution is 2.29. The van der Waals surface area contributed by atoms with E-state index < -0.39 is 15.3 Å². The van der Waals surface area contributed by atoms with Crippen molar-refractivity contribution in [1.82, 2.24) is 9.55 Å². The number of hydrogen-bond acceptors (Lipinski definition) is 6. The number of thioether (sulfide) groups is 1. The van der Waals surface area contributed by atoms with E-state index in [-0.39, 0.29) is 10.8 Å². The molecule has 1 amide bonds. The maximum Gasteiger partial charge on any atom is 0.238 e. The Hall–Kier alpha value is -2.87. The van der Waals surface area contributed by atoms with E-state index in [1.165, 1.54) is 23.9 Å². The fourth-order valence-electron chi connectivity index (χ4n) is 2.74. The number of imidazole rings is 1. The Bertz CT molecular complexity index is 1210. The summed E-state index contributed by atoms with van der Waals surface area (Å²) in [6, 6.07) is 13.2. The fourth-order valence-corrected chi connectivity index (χ4v) is 4.27. The molecule has 8 nitrogen and oxygen atoms in total. The number of nitrogens with two attached hydrogens (primary N) is 1. The number of nitrogens with zero attached hydrogens (tertiary/aromatic N) is 3. The van der Waals surface area contributed by atoms with Crippen LogP contribution in [0.3, 0.4) is 0 Å². The second kappa shape index (κ2) is 8.24. The molecule has 0 fully saturated rings. The Kier molecular flexibility index (Phi) is 5.93. The number of amides is 1. The second-order valence-electron chi connectivity index (χ2n) is 6.27. The molecule has 0 radical (unpaired) electrons. The van der Waals surface area contributed by atoms with Crippen LogP contribution in [0.25, 0.3) is 11.0 Å². The molecule has 0 aliphatic carbocycles. The van der Waals surface area contributed by atoms with Gasteiger partial charge in [0, 0.05) is 12.2 Å². The fraction of sp³-hybridized carbons (Fsp3) is 0.211. The summed E-state index contributed by atoms with van der Waals surface area (Å²) in [5, 5.41) is 17.0. The zero-order valence-electron chi connectivity index (χ0n) is 15.8. The van der Waals surface area contributed by atoms with Gasteiger partial charge in [0.2, 0.25) is 15.9 Å². The summed E-state index contributed by atoms with van der Waals surface area (Å²) < 4.78 is 25.1. The van der Waals surface area contributed by atoms with Gasteiger partial charge in [-0.05, 0) is 56.3 Å². The number of benzene rings is 2. The summed E-state index contributed by atoms with van der Waals surface area (Å²) in [7, 11) is -3.82. The lowest BCUT2D eigenvalue weighted by Crippen LogP contribution is -2.22. The Morgan fingerprint density at radius 2 is 2.00 bits per heavy atom. The van der Waals surface area contributed by atoms with Crippen LogP contribution in [0.5, 0.6) is 0 Å². The first-order valence-corrected chi connectivity index (χ1v) is 11.2. The normalized spacial score (nSPS) is 12.5. The quantitative estimate of drug-likeness (QED) is 0.579. The topological polar surface area (TPSA) is 131 Å². The minimum atomic E-state index is -3.82. The number of carbonyl (C=O) groups excluding carboxylic acids is 1. The van der Waals surface area contributed by atoms with Gasteiger partial charge in [-0.3, -0.25) is 4.79 Å². The lowest BCUT2D eigenvalue weighted by atomic mass is 10.2. The smallest absolute Gasteiger partial charge is 0.238 e. The molecule has 0 aliphatic heterocycles. The van der Waals surface area contributed by atoms with Crippen molar-refractivity contribution in [3.8, 4) is 6.07 Å². The molecule has 1 unspecified atom stereocenters. The number of rotatable bonds is 6. The summed E-state index contributed by atoms with van der Waals surface area (Å²) in [6.07, 6.45) is 0. The molecule has 1 aromatic heterocycles. The first-order chi connectivity index (χ1) is 13.7. The minimum absolute atomic E-state index is 0.00564. The van der Waals surface area contributed by atoms with E-state index >= 15 is 0 Å². The maximum atomic E-state index is 12.5. The summed E-state index contributed by atoms with van der Waals surface area (Å²) in [4.78, 5) is 17.0.